The number of rotatable bonds is 4. The summed E-state index contributed by atoms with van der Waals surface area (Å²) in [6.45, 7) is 1.60. The fraction of sp³-hybridized carbons (Fsp3) is 0.267. The average molecular weight is 348 g/mol. The number of hydrogen-bond acceptors (Lipinski definition) is 6. The molecule has 0 radical (unpaired) electrons. The average Bonchev–Trinajstić information content (AvgIpc) is 2.62. The quantitative estimate of drug-likeness (QED) is 0.867. The van der Waals surface area contributed by atoms with E-state index in [9.17, 15) is 13.2 Å². The molecule has 2 aromatic rings. The van der Waals surface area contributed by atoms with Crippen LogP contribution in [0.5, 0.6) is 0 Å². The van der Waals surface area contributed by atoms with Crippen LogP contribution in [0.2, 0.25) is 0 Å². The van der Waals surface area contributed by atoms with Crippen molar-refractivity contribution in [1.82, 2.24) is 14.3 Å². The van der Waals surface area contributed by atoms with Gasteiger partial charge in [0, 0.05) is 38.6 Å². The highest BCUT2D eigenvalue weighted by atomic mass is 32.2. The zero-order valence-corrected chi connectivity index (χ0v) is 13.6. The van der Waals surface area contributed by atoms with Gasteiger partial charge in [-0.2, -0.15) is 4.31 Å². The van der Waals surface area contributed by atoms with Crippen LogP contribution < -0.4 is 4.90 Å². The first-order chi connectivity index (χ1) is 11.5. The fourth-order valence-electron chi connectivity index (χ4n) is 2.55. The van der Waals surface area contributed by atoms with E-state index in [1.807, 2.05) is 4.90 Å². The lowest BCUT2D eigenvalue weighted by Gasteiger charge is -2.34. The second-order valence-corrected chi connectivity index (χ2v) is 7.23. The monoisotopic (exact) mass is 348 g/mol. The maximum Gasteiger partial charge on any atom is 0.335 e. The van der Waals surface area contributed by atoms with Crippen molar-refractivity contribution in [3.8, 4) is 0 Å². The molecule has 1 aromatic carbocycles. The first kappa shape index (κ1) is 16.3. The van der Waals surface area contributed by atoms with E-state index in [4.69, 9.17) is 5.11 Å². The third-order valence-corrected chi connectivity index (χ3v) is 5.73. The second-order valence-electron chi connectivity index (χ2n) is 5.29. The van der Waals surface area contributed by atoms with Crippen molar-refractivity contribution in [3.63, 3.8) is 0 Å². The van der Waals surface area contributed by atoms with Crippen LogP contribution in [-0.4, -0.2) is 59.9 Å². The van der Waals surface area contributed by atoms with Crippen molar-refractivity contribution in [2.24, 2.45) is 0 Å². The van der Waals surface area contributed by atoms with Gasteiger partial charge in [-0.05, 0) is 18.2 Å². The van der Waals surface area contributed by atoms with E-state index >= 15 is 0 Å². The number of hydrogen-bond donors (Lipinski definition) is 1. The summed E-state index contributed by atoms with van der Waals surface area (Å²) in [7, 11) is -3.72. The summed E-state index contributed by atoms with van der Waals surface area (Å²) in [5.41, 5.74) is -0.0470. The Balaban J connectivity index is 1.75. The molecular formula is C15H16N4O4S. The maximum atomic E-state index is 12.7. The van der Waals surface area contributed by atoms with Crippen molar-refractivity contribution in [2.75, 3.05) is 31.1 Å². The molecule has 2 heterocycles. The zero-order chi connectivity index (χ0) is 17.2. The number of carboxylic acids is 1. The SMILES string of the molecule is O=C(O)c1cccc(S(=O)(=O)N2CCN(c3cnccn3)CC2)c1. The lowest BCUT2D eigenvalue weighted by Crippen LogP contribution is -2.48. The maximum absolute atomic E-state index is 12.7. The fourth-order valence-corrected chi connectivity index (χ4v) is 4.02. The molecule has 0 atom stereocenters. The van der Waals surface area contributed by atoms with Crippen LogP contribution in [-0.2, 0) is 10.0 Å². The van der Waals surface area contributed by atoms with Crippen molar-refractivity contribution in [2.45, 2.75) is 4.90 Å². The highest BCUT2D eigenvalue weighted by Crippen LogP contribution is 2.20. The van der Waals surface area contributed by atoms with E-state index in [0.29, 0.717) is 32.0 Å². The molecule has 0 amide bonds. The Hall–Kier alpha value is -2.52. The first-order valence-corrected chi connectivity index (χ1v) is 8.77. The summed E-state index contributed by atoms with van der Waals surface area (Å²) in [6.07, 6.45) is 4.82. The summed E-state index contributed by atoms with van der Waals surface area (Å²) < 4.78 is 26.7. The molecule has 0 aliphatic carbocycles. The Kier molecular flexibility index (Phi) is 4.45. The molecule has 126 valence electrons. The molecule has 9 heteroatoms. The number of sulfonamides is 1. The van der Waals surface area contributed by atoms with Crippen LogP contribution in [0, 0.1) is 0 Å². The van der Waals surface area contributed by atoms with E-state index in [2.05, 4.69) is 9.97 Å². The summed E-state index contributed by atoms with van der Waals surface area (Å²) in [5.74, 6) is -0.443. The summed E-state index contributed by atoms with van der Waals surface area (Å²) in [5, 5.41) is 9.02. The van der Waals surface area contributed by atoms with Gasteiger partial charge < -0.3 is 10.0 Å². The normalized spacial score (nSPS) is 16.1. The van der Waals surface area contributed by atoms with E-state index in [-0.39, 0.29) is 10.5 Å². The molecule has 1 aliphatic rings. The molecule has 0 bridgehead atoms. The van der Waals surface area contributed by atoms with Gasteiger partial charge in [0.1, 0.15) is 5.82 Å². The Morgan fingerprint density at radius 1 is 1.12 bits per heavy atom. The summed E-state index contributed by atoms with van der Waals surface area (Å²) in [6, 6.07) is 5.41. The van der Waals surface area contributed by atoms with Gasteiger partial charge in [0.25, 0.3) is 0 Å². The smallest absolute Gasteiger partial charge is 0.335 e. The minimum absolute atomic E-state index is 0.00430. The Labute approximate surface area is 139 Å². The summed E-state index contributed by atoms with van der Waals surface area (Å²) >= 11 is 0. The molecular weight excluding hydrogens is 332 g/mol. The molecule has 3 rings (SSSR count). The number of nitrogens with zero attached hydrogens (tertiary/aromatic N) is 4. The minimum Gasteiger partial charge on any atom is -0.478 e. The van der Waals surface area contributed by atoms with Gasteiger partial charge in [0.05, 0.1) is 16.7 Å². The minimum atomic E-state index is -3.72. The number of aromatic nitrogens is 2. The van der Waals surface area contributed by atoms with Crippen LogP contribution in [0.1, 0.15) is 10.4 Å². The van der Waals surface area contributed by atoms with Crippen LogP contribution in [0.4, 0.5) is 5.82 Å². The van der Waals surface area contributed by atoms with Gasteiger partial charge in [-0.15, -0.1) is 0 Å². The highest BCUT2D eigenvalue weighted by Gasteiger charge is 2.29. The molecule has 24 heavy (non-hydrogen) atoms. The Morgan fingerprint density at radius 3 is 2.50 bits per heavy atom. The number of anilines is 1. The topological polar surface area (TPSA) is 104 Å². The van der Waals surface area contributed by atoms with Crippen molar-refractivity contribution < 1.29 is 18.3 Å². The predicted octanol–water partition coefficient (Wildman–Crippen LogP) is 0.686. The number of carboxylic acid groups (broad SMARTS) is 1. The van der Waals surface area contributed by atoms with Crippen LogP contribution >= 0.6 is 0 Å². The third kappa shape index (κ3) is 3.22. The van der Waals surface area contributed by atoms with Gasteiger partial charge in [0.2, 0.25) is 10.0 Å². The van der Waals surface area contributed by atoms with Crippen LogP contribution in [0.3, 0.4) is 0 Å². The molecule has 0 spiro atoms. The standard InChI is InChI=1S/C15H16N4O4S/c20-15(21)12-2-1-3-13(10-12)24(22,23)19-8-6-18(7-9-19)14-11-16-4-5-17-14/h1-5,10-11H,6-9H2,(H,20,21). The second kappa shape index (κ2) is 6.54. The Bertz CT molecular complexity index is 834. The van der Waals surface area contributed by atoms with Gasteiger partial charge >= 0.3 is 5.97 Å². The third-order valence-electron chi connectivity index (χ3n) is 3.83. The van der Waals surface area contributed by atoms with Crippen molar-refractivity contribution in [1.29, 1.82) is 0 Å². The number of carbonyl (C=O) groups is 1. The summed E-state index contributed by atoms with van der Waals surface area (Å²) in [4.78, 5) is 21.2. The molecule has 8 nitrogen and oxygen atoms in total. The van der Waals surface area contributed by atoms with E-state index < -0.39 is 16.0 Å². The van der Waals surface area contributed by atoms with Crippen molar-refractivity contribution in [3.05, 3.63) is 48.4 Å². The number of aromatic carboxylic acids is 1. The predicted molar refractivity (Wildman–Crippen MR) is 86.4 cm³/mol. The van der Waals surface area contributed by atoms with E-state index in [0.717, 1.165) is 0 Å². The van der Waals surface area contributed by atoms with Crippen molar-refractivity contribution >= 4 is 21.8 Å². The molecule has 0 unspecified atom stereocenters. The van der Waals surface area contributed by atoms with E-state index in [1.165, 1.54) is 28.6 Å². The Morgan fingerprint density at radius 2 is 1.88 bits per heavy atom. The lowest BCUT2D eigenvalue weighted by atomic mass is 10.2. The van der Waals surface area contributed by atoms with Gasteiger partial charge in [-0.1, -0.05) is 6.07 Å². The van der Waals surface area contributed by atoms with Gasteiger partial charge in [-0.25, -0.2) is 18.2 Å². The molecule has 1 aromatic heterocycles. The first-order valence-electron chi connectivity index (χ1n) is 7.33. The number of benzene rings is 1. The van der Waals surface area contributed by atoms with Gasteiger partial charge in [-0.3, -0.25) is 4.98 Å². The van der Waals surface area contributed by atoms with Crippen LogP contribution in [0.15, 0.2) is 47.8 Å². The largest absolute Gasteiger partial charge is 0.478 e. The van der Waals surface area contributed by atoms with Gasteiger partial charge in [0.15, 0.2) is 0 Å². The highest BCUT2D eigenvalue weighted by molar-refractivity contribution is 7.89. The van der Waals surface area contributed by atoms with Crippen LogP contribution in [0.25, 0.3) is 0 Å². The molecule has 1 aliphatic heterocycles. The van der Waals surface area contributed by atoms with E-state index in [1.54, 1.807) is 18.6 Å². The molecule has 1 saturated heterocycles. The molecule has 1 fully saturated rings. The number of piperazine rings is 1. The molecule has 1 N–H and O–H groups in total. The lowest BCUT2D eigenvalue weighted by molar-refractivity contribution is 0.0696. The zero-order valence-electron chi connectivity index (χ0n) is 12.7. The molecule has 0 saturated carbocycles.